The van der Waals surface area contributed by atoms with E-state index in [0.29, 0.717) is 17.0 Å². The van der Waals surface area contributed by atoms with Crippen LogP contribution in [0.25, 0.3) is 6.08 Å². The number of rotatable bonds is 1. The first kappa shape index (κ1) is 18.9. The molecule has 0 saturated heterocycles. The van der Waals surface area contributed by atoms with Crippen molar-refractivity contribution in [3.63, 3.8) is 0 Å². The molecule has 0 atom stereocenters. The van der Waals surface area contributed by atoms with Gasteiger partial charge in [-0.1, -0.05) is 74.8 Å². The molecule has 2 aliphatic rings. The monoisotopic (exact) mass is 377 g/mol. The lowest BCUT2D eigenvalue weighted by atomic mass is 9.91. The highest BCUT2D eigenvalue weighted by atomic mass is 16.4. The van der Waals surface area contributed by atoms with E-state index in [-0.39, 0.29) is 23.0 Å². The highest BCUT2D eigenvalue weighted by Gasteiger charge is 2.34. The molecule has 4 rings (SSSR count). The third-order valence-electron chi connectivity index (χ3n) is 5.80. The highest BCUT2D eigenvalue weighted by Crippen LogP contribution is 2.29. The molecule has 28 heavy (non-hydrogen) atoms. The Morgan fingerprint density at radius 3 is 1.89 bits per heavy atom. The summed E-state index contributed by atoms with van der Waals surface area (Å²) in [6.45, 7) is 0. The van der Waals surface area contributed by atoms with Crippen molar-refractivity contribution >= 4 is 17.6 Å². The predicted molar refractivity (Wildman–Crippen MR) is 109 cm³/mol. The van der Waals surface area contributed by atoms with Gasteiger partial charge in [-0.3, -0.25) is 9.59 Å². The topological polar surface area (TPSA) is 60.2 Å². The van der Waals surface area contributed by atoms with Crippen LogP contribution in [0.1, 0.15) is 109 Å². The zero-order valence-electron chi connectivity index (χ0n) is 16.3. The van der Waals surface area contributed by atoms with Gasteiger partial charge in [0.05, 0.1) is 0 Å². The lowest BCUT2D eigenvalue weighted by Gasteiger charge is -2.10. The molecule has 0 spiro atoms. The second-order valence-electron chi connectivity index (χ2n) is 7.92. The zero-order chi connectivity index (χ0) is 19.3. The quantitative estimate of drug-likeness (QED) is 0.511. The summed E-state index contributed by atoms with van der Waals surface area (Å²) in [5.41, 5.74) is 2.29. The molecule has 0 unspecified atom stereocenters. The van der Waals surface area contributed by atoms with Gasteiger partial charge in [-0.25, -0.2) is 4.98 Å². The Bertz CT molecular complexity index is 840. The van der Waals surface area contributed by atoms with E-state index in [1.165, 1.54) is 63.4 Å². The van der Waals surface area contributed by atoms with E-state index in [1.807, 2.05) is 6.08 Å². The number of carbonyl (C=O) groups is 2. The Labute approximate surface area is 166 Å². The Hall–Kier alpha value is -2.49. The van der Waals surface area contributed by atoms with E-state index in [0.717, 1.165) is 12.8 Å². The lowest BCUT2D eigenvalue weighted by molar-refractivity contribution is 0.0958. The first-order valence-electron chi connectivity index (χ1n) is 10.6. The van der Waals surface area contributed by atoms with Crippen molar-refractivity contribution in [3.05, 3.63) is 58.3 Å². The third kappa shape index (κ3) is 4.01. The van der Waals surface area contributed by atoms with Crippen LogP contribution >= 0.6 is 0 Å². The Kier molecular flexibility index (Phi) is 5.84. The van der Waals surface area contributed by atoms with Gasteiger partial charge in [-0.2, -0.15) is 0 Å². The molecule has 2 aliphatic carbocycles. The molecule has 1 heterocycles. The molecule has 0 N–H and O–H groups in total. The molecule has 1 saturated carbocycles. The second-order valence-corrected chi connectivity index (χ2v) is 7.92. The van der Waals surface area contributed by atoms with Crippen LogP contribution in [0.3, 0.4) is 0 Å². The minimum absolute atomic E-state index is 0.0868. The molecule has 4 nitrogen and oxygen atoms in total. The summed E-state index contributed by atoms with van der Waals surface area (Å²) < 4.78 is 5.76. The van der Waals surface area contributed by atoms with Gasteiger partial charge in [0.1, 0.15) is 0 Å². The first-order valence-corrected chi connectivity index (χ1v) is 10.6. The molecule has 0 aliphatic heterocycles. The van der Waals surface area contributed by atoms with Gasteiger partial charge in [-0.05, 0) is 31.8 Å². The van der Waals surface area contributed by atoms with E-state index >= 15 is 0 Å². The maximum absolute atomic E-state index is 12.7. The smallest absolute Gasteiger partial charge is 0.231 e. The van der Waals surface area contributed by atoms with E-state index in [1.54, 1.807) is 24.3 Å². The van der Waals surface area contributed by atoms with Crippen LogP contribution in [0, 0.1) is 0 Å². The molecular weight excluding hydrogens is 350 g/mol. The molecule has 0 radical (unpaired) electrons. The van der Waals surface area contributed by atoms with E-state index < -0.39 is 0 Å². The second kappa shape index (κ2) is 8.68. The van der Waals surface area contributed by atoms with Crippen LogP contribution in [0.4, 0.5) is 0 Å². The zero-order valence-corrected chi connectivity index (χ0v) is 16.3. The summed E-state index contributed by atoms with van der Waals surface area (Å²) in [5, 5.41) is 0. The summed E-state index contributed by atoms with van der Waals surface area (Å²) in [6.07, 6.45) is 15.6. The van der Waals surface area contributed by atoms with Crippen molar-refractivity contribution < 1.29 is 14.0 Å². The average molecular weight is 377 g/mol. The number of carbonyl (C=O) groups excluding carboxylic acids is 2. The molecule has 1 aromatic carbocycles. The maximum Gasteiger partial charge on any atom is 0.231 e. The van der Waals surface area contributed by atoms with E-state index in [4.69, 9.17) is 4.42 Å². The fourth-order valence-corrected chi connectivity index (χ4v) is 4.22. The number of hydrogen-bond donors (Lipinski definition) is 0. The molecule has 1 aromatic heterocycles. The fraction of sp³-hybridized carbons (Fsp3) is 0.458. The van der Waals surface area contributed by atoms with Crippen LogP contribution in [0.15, 0.2) is 34.3 Å². The molecule has 1 fully saturated rings. The van der Waals surface area contributed by atoms with Crippen LogP contribution in [-0.2, 0) is 0 Å². The normalized spacial score (nSPS) is 18.6. The van der Waals surface area contributed by atoms with E-state index in [2.05, 4.69) is 4.98 Å². The molecule has 146 valence electrons. The van der Waals surface area contributed by atoms with Gasteiger partial charge >= 0.3 is 0 Å². The number of aromatic nitrogens is 1. The summed E-state index contributed by atoms with van der Waals surface area (Å²) in [7, 11) is 0. The van der Waals surface area contributed by atoms with Gasteiger partial charge in [0, 0.05) is 11.1 Å². The average Bonchev–Trinajstić information content (AvgIpc) is 3.12. The lowest BCUT2D eigenvalue weighted by Crippen LogP contribution is -2.19. The van der Waals surface area contributed by atoms with Gasteiger partial charge in [0.2, 0.25) is 23.2 Å². The number of oxazole rings is 1. The molecule has 2 aromatic rings. The minimum atomic E-state index is -0.249. The summed E-state index contributed by atoms with van der Waals surface area (Å²) in [6, 6.07) is 6.88. The molecular formula is C24H27NO3. The number of ketones is 2. The van der Waals surface area contributed by atoms with Crippen molar-refractivity contribution in [2.24, 2.45) is 0 Å². The molecule has 0 amide bonds. The van der Waals surface area contributed by atoms with Crippen LogP contribution < -0.4 is 0 Å². The summed E-state index contributed by atoms with van der Waals surface area (Å²) in [4.78, 5) is 29.8. The summed E-state index contributed by atoms with van der Waals surface area (Å²) >= 11 is 0. The molecule has 0 bridgehead atoms. The number of allylic oxidation sites excluding steroid dienone is 1. The van der Waals surface area contributed by atoms with Crippen molar-refractivity contribution in [1.29, 1.82) is 0 Å². The van der Waals surface area contributed by atoms with Gasteiger partial charge < -0.3 is 4.42 Å². The maximum atomic E-state index is 12.7. The molecule has 4 heteroatoms. The minimum Gasteiger partial charge on any atom is -0.432 e. The highest BCUT2D eigenvalue weighted by molar-refractivity contribution is 6.26. The Morgan fingerprint density at radius 2 is 1.29 bits per heavy atom. The van der Waals surface area contributed by atoms with Crippen LogP contribution in [0.5, 0.6) is 0 Å². The summed E-state index contributed by atoms with van der Waals surface area (Å²) in [5.74, 6) is 0.00337. The van der Waals surface area contributed by atoms with Crippen LogP contribution in [-0.4, -0.2) is 16.6 Å². The number of nitrogens with zero attached hydrogens (tertiary/aromatic N) is 1. The largest absolute Gasteiger partial charge is 0.432 e. The van der Waals surface area contributed by atoms with E-state index in [9.17, 15) is 9.59 Å². The fourth-order valence-electron chi connectivity index (χ4n) is 4.22. The van der Waals surface area contributed by atoms with Gasteiger partial charge in [-0.15, -0.1) is 0 Å². The first-order chi connectivity index (χ1) is 13.7. The SMILES string of the molecule is O=C1c2ccccc2C(=O)c2oc(C=C3CCCCCCCCCCC3)nc21. The number of fused-ring (bicyclic) bond motifs is 2. The van der Waals surface area contributed by atoms with Gasteiger partial charge in [0.15, 0.2) is 5.69 Å². The third-order valence-corrected chi connectivity index (χ3v) is 5.80. The number of benzene rings is 1. The number of hydrogen-bond acceptors (Lipinski definition) is 4. The standard InChI is InChI=1S/C24H27NO3/c26-22-18-14-10-11-15-19(18)23(27)24-21(22)25-20(28-24)16-17-12-8-6-4-2-1-3-5-7-9-13-17/h10-11,14-16H,1-9,12-13H2. The Balaban J connectivity index is 1.57. The predicted octanol–water partition coefficient (Wildman–Crippen LogP) is 6.14. The van der Waals surface area contributed by atoms with Crippen molar-refractivity contribution in [3.8, 4) is 0 Å². The van der Waals surface area contributed by atoms with Crippen LogP contribution in [0.2, 0.25) is 0 Å². The Morgan fingerprint density at radius 1 is 0.750 bits per heavy atom. The van der Waals surface area contributed by atoms with Crippen molar-refractivity contribution in [2.45, 2.75) is 70.6 Å². The van der Waals surface area contributed by atoms with Crippen molar-refractivity contribution in [2.75, 3.05) is 0 Å². The van der Waals surface area contributed by atoms with Gasteiger partial charge in [0.25, 0.3) is 0 Å². The van der Waals surface area contributed by atoms with Crippen molar-refractivity contribution in [1.82, 2.24) is 4.98 Å².